The fourth-order valence-corrected chi connectivity index (χ4v) is 5.81. The lowest BCUT2D eigenvalue weighted by Crippen LogP contribution is -2.30. The zero-order valence-electron chi connectivity index (χ0n) is 23.1. The van der Waals surface area contributed by atoms with E-state index in [0.29, 0.717) is 22.9 Å². The average Bonchev–Trinajstić information content (AvgIpc) is 2.90. The van der Waals surface area contributed by atoms with Crippen molar-refractivity contribution in [3.63, 3.8) is 0 Å². The van der Waals surface area contributed by atoms with Crippen LogP contribution in [0.4, 0.5) is 13.2 Å². The molecule has 1 N–H and O–H groups in total. The quantitative estimate of drug-likeness (QED) is 0.259. The van der Waals surface area contributed by atoms with Crippen molar-refractivity contribution in [2.24, 2.45) is 0 Å². The summed E-state index contributed by atoms with van der Waals surface area (Å²) in [5.41, 5.74) is 0.208. The summed E-state index contributed by atoms with van der Waals surface area (Å²) in [6.45, 7) is 4.40. The minimum Gasteiger partial charge on any atom is -0.493 e. The summed E-state index contributed by atoms with van der Waals surface area (Å²) < 4.78 is 81.1. The number of benzene rings is 2. The van der Waals surface area contributed by atoms with Crippen LogP contribution in [0.25, 0.3) is 11.1 Å². The van der Waals surface area contributed by atoms with Gasteiger partial charge in [0.15, 0.2) is 4.90 Å². The Kier molecular flexibility index (Phi) is 9.14. The Morgan fingerprint density at radius 1 is 0.976 bits per heavy atom. The first-order chi connectivity index (χ1) is 19.8. The van der Waals surface area contributed by atoms with Crippen LogP contribution in [-0.4, -0.2) is 47.9 Å². The van der Waals surface area contributed by atoms with Crippen LogP contribution >= 0.6 is 0 Å². The van der Waals surface area contributed by atoms with E-state index in [9.17, 15) is 31.5 Å². The molecular weight excluding hydrogens is 575 g/mol. The average molecular weight is 604 g/mol. The normalized spacial score (nSPS) is 12.6. The number of aromatic hydroxyl groups is 1. The highest BCUT2D eigenvalue weighted by Crippen LogP contribution is 2.33. The Bertz CT molecular complexity index is 1760. The van der Waals surface area contributed by atoms with E-state index in [1.807, 2.05) is 0 Å². The van der Waals surface area contributed by atoms with Crippen LogP contribution in [-0.2, 0) is 25.9 Å². The second kappa shape index (κ2) is 12.4. The highest BCUT2D eigenvalue weighted by molar-refractivity contribution is 7.91. The van der Waals surface area contributed by atoms with E-state index < -0.39 is 49.8 Å². The summed E-state index contributed by atoms with van der Waals surface area (Å²) in [5, 5.41) is 11.4. The number of halogens is 3. The summed E-state index contributed by atoms with van der Waals surface area (Å²) >= 11 is 0. The van der Waals surface area contributed by atoms with E-state index in [2.05, 4.69) is 9.97 Å². The third-order valence-electron chi connectivity index (χ3n) is 6.38. The van der Waals surface area contributed by atoms with Crippen molar-refractivity contribution in [2.45, 2.75) is 49.3 Å². The van der Waals surface area contributed by atoms with Gasteiger partial charge in [-0.2, -0.15) is 9.37 Å². The number of hydrogen-bond donors (Lipinski definition) is 1. The van der Waals surface area contributed by atoms with Gasteiger partial charge >= 0.3 is 0 Å². The van der Waals surface area contributed by atoms with Gasteiger partial charge in [0.2, 0.25) is 21.7 Å². The third-order valence-corrected chi connectivity index (χ3v) is 8.17. The standard InChI is InChI=1S/C29H28F3N3O6S/c1-16(2)41-15-26-34-28(36)27(29(37)35(26)24(14-40-4)19-11-20(30)13-21(31)12-19)42(38,39)22-7-5-18(6-8-22)23-9-10-25(32)33-17(23)3/h5-13,16,24,37H,14-15H2,1-4H3. The fraction of sp³-hybridized carbons (Fsp3) is 0.276. The first-order valence-corrected chi connectivity index (χ1v) is 14.2. The van der Waals surface area contributed by atoms with Gasteiger partial charge in [0.05, 0.1) is 23.6 Å². The predicted octanol–water partition coefficient (Wildman–Crippen LogP) is 4.73. The number of aromatic nitrogens is 3. The van der Waals surface area contributed by atoms with Crippen LogP contribution < -0.4 is 5.56 Å². The summed E-state index contributed by atoms with van der Waals surface area (Å²) in [7, 11) is -3.38. The molecule has 0 amide bonds. The van der Waals surface area contributed by atoms with E-state index >= 15 is 0 Å². The monoisotopic (exact) mass is 603 g/mol. The largest absolute Gasteiger partial charge is 0.493 e. The molecule has 0 radical (unpaired) electrons. The molecule has 4 rings (SSSR count). The van der Waals surface area contributed by atoms with Crippen molar-refractivity contribution in [2.75, 3.05) is 13.7 Å². The van der Waals surface area contributed by atoms with Gasteiger partial charge in [0, 0.05) is 24.4 Å². The highest BCUT2D eigenvalue weighted by atomic mass is 32.2. The van der Waals surface area contributed by atoms with Crippen molar-refractivity contribution in [1.82, 2.24) is 14.5 Å². The number of aryl methyl sites for hydroxylation is 1. The van der Waals surface area contributed by atoms with E-state index in [4.69, 9.17) is 9.47 Å². The zero-order chi connectivity index (χ0) is 30.8. The van der Waals surface area contributed by atoms with Crippen molar-refractivity contribution in [3.8, 4) is 17.0 Å². The fourth-order valence-electron chi connectivity index (χ4n) is 4.47. The Morgan fingerprint density at radius 2 is 1.62 bits per heavy atom. The molecular formula is C29H28F3N3O6S. The van der Waals surface area contributed by atoms with Crippen LogP contribution in [0.5, 0.6) is 5.88 Å². The number of ether oxygens (including phenoxy) is 2. The molecule has 0 fully saturated rings. The molecule has 0 spiro atoms. The zero-order valence-corrected chi connectivity index (χ0v) is 24.0. The molecule has 4 aromatic rings. The summed E-state index contributed by atoms with van der Waals surface area (Å²) in [6.07, 6.45) is -0.341. The molecule has 0 aliphatic rings. The number of pyridine rings is 1. The lowest BCUT2D eigenvalue weighted by atomic mass is 10.1. The van der Waals surface area contributed by atoms with Crippen molar-refractivity contribution < 1.29 is 36.2 Å². The smallest absolute Gasteiger partial charge is 0.296 e. The van der Waals surface area contributed by atoms with Gasteiger partial charge in [0.1, 0.15) is 24.1 Å². The lowest BCUT2D eigenvalue weighted by molar-refractivity contribution is 0.0554. The highest BCUT2D eigenvalue weighted by Gasteiger charge is 2.33. The second-order valence-corrected chi connectivity index (χ2v) is 11.6. The Labute approximate surface area is 240 Å². The van der Waals surface area contributed by atoms with Crippen LogP contribution in [0.2, 0.25) is 0 Å². The Morgan fingerprint density at radius 3 is 2.19 bits per heavy atom. The molecule has 1 unspecified atom stereocenters. The van der Waals surface area contributed by atoms with Crippen LogP contribution in [0.15, 0.2) is 69.2 Å². The maximum atomic E-state index is 14.2. The number of hydrogen-bond acceptors (Lipinski definition) is 8. The number of methoxy groups -OCH3 is 1. The van der Waals surface area contributed by atoms with Crippen molar-refractivity contribution in [3.05, 3.63) is 99.6 Å². The molecule has 9 nitrogen and oxygen atoms in total. The third kappa shape index (κ3) is 6.37. The van der Waals surface area contributed by atoms with E-state index in [1.165, 1.54) is 43.5 Å². The molecule has 2 aromatic carbocycles. The topological polar surface area (TPSA) is 121 Å². The first kappa shape index (κ1) is 30.9. The number of rotatable bonds is 10. The van der Waals surface area contributed by atoms with Crippen LogP contribution in [0.3, 0.4) is 0 Å². The summed E-state index contributed by atoms with van der Waals surface area (Å²) in [5.74, 6) is -3.69. The van der Waals surface area contributed by atoms with E-state index in [0.717, 1.165) is 16.7 Å². The van der Waals surface area contributed by atoms with Gasteiger partial charge in [-0.05, 0) is 68.3 Å². The SMILES string of the molecule is COCC(c1cc(F)cc(F)c1)n1c(COC(C)C)nc(=O)c(S(=O)(=O)c2ccc(-c3ccc(F)nc3C)cc2)c1O. The predicted molar refractivity (Wildman–Crippen MR) is 146 cm³/mol. The summed E-state index contributed by atoms with van der Waals surface area (Å²) in [6, 6.07) is 9.46. The molecule has 2 heterocycles. The lowest BCUT2D eigenvalue weighted by Gasteiger charge is -2.26. The maximum Gasteiger partial charge on any atom is 0.296 e. The molecule has 0 saturated carbocycles. The first-order valence-electron chi connectivity index (χ1n) is 12.7. The van der Waals surface area contributed by atoms with E-state index in [1.54, 1.807) is 20.8 Å². The van der Waals surface area contributed by atoms with E-state index in [-0.39, 0.29) is 35.6 Å². The van der Waals surface area contributed by atoms with Crippen molar-refractivity contribution in [1.29, 1.82) is 0 Å². The molecule has 1 atom stereocenters. The molecule has 13 heteroatoms. The van der Waals surface area contributed by atoms with Crippen LogP contribution in [0, 0.1) is 24.5 Å². The van der Waals surface area contributed by atoms with Gasteiger partial charge in [-0.25, -0.2) is 22.2 Å². The van der Waals surface area contributed by atoms with Gasteiger partial charge in [-0.1, -0.05) is 12.1 Å². The number of nitrogens with zero attached hydrogens (tertiary/aromatic N) is 3. The van der Waals surface area contributed by atoms with Gasteiger partial charge < -0.3 is 14.6 Å². The van der Waals surface area contributed by atoms with Gasteiger partial charge in [-0.15, -0.1) is 0 Å². The maximum absolute atomic E-state index is 14.2. The molecule has 222 valence electrons. The Balaban J connectivity index is 1.90. The van der Waals surface area contributed by atoms with Crippen LogP contribution in [0.1, 0.15) is 37.0 Å². The molecule has 42 heavy (non-hydrogen) atoms. The molecule has 0 bridgehead atoms. The Hall–Kier alpha value is -4.07. The van der Waals surface area contributed by atoms with Crippen molar-refractivity contribution >= 4 is 9.84 Å². The summed E-state index contributed by atoms with van der Waals surface area (Å²) in [4.78, 5) is 19.4. The molecule has 2 aromatic heterocycles. The molecule has 0 aliphatic carbocycles. The number of sulfone groups is 1. The van der Waals surface area contributed by atoms with Gasteiger partial charge in [0.25, 0.3) is 5.56 Å². The minimum absolute atomic E-state index is 0.0168. The molecule has 0 aliphatic heterocycles. The second-order valence-electron chi connectivity index (χ2n) is 9.68. The minimum atomic E-state index is -4.68. The van der Waals surface area contributed by atoms with Gasteiger partial charge in [-0.3, -0.25) is 9.36 Å². The molecule has 0 saturated heterocycles.